The molecule has 0 aromatic heterocycles. The van der Waals surface area contributed by atoms with Crippen LogP contribution in [-0.2, 0) is 28.2 Å². The topological polar surface area (TPSA) is 74.4 Å². The molecular weight excluding hydrogens is 484 g/mol. The summed E-state index contributed by atoms with van der Waals surface area (Å²) in [5.41, 5.74) is -1.79. The molecule has 3 aliphatic heterocycles. The second kappa shape index (κ2) is 8.20. The Morgan fingerprint density at radius 2 is 1.41 bits per heavy atom. The van der Waals surface area contributed by atoms with E-state index in [0.29, 0.717) is 6.61 Å². The number of ketones is 1. The van der Waals surface area contributed by atoms with Crippen molar-refractivity contribution in [2.75, 3.05) is 13.2 Å². The van der Waals surface area contributed by atoms with Gasteiger partial charge in [0.25, 0.3) is 8.32 Å². The Labute approximate surface area is 216 Å². The van der Waals surface area contributed by atoms with Gasteiger partial charge in [0, 0.05) is 12.5 Å². The zero-order chi connectivity index (χ0) is 25.3. The normalized spacial score (nSPS) is 33.9. The predicted octanol–water partition coefficient (Wildman–Crippen LogP) is 1.73. The summed E-state index contributed by atoms with van der Waals surface area (Å²) in [4.78, 5) is 25.9. The van der Waals surface area contributed by atoms with Crippen molar-refractivity contribution in [1.29, 1.82) is 0 Å². The summed E-state index contributed by atoms with van der Waals surface area (Å²) >= 11 is 0. The molecule has 4 aliphatic rings. The quantitative estimate of drug-likeness (QED) is 0.217. The van der Waals surface area contributed by atoms with Crippen molar-refractivity contribution in [2.45, 2.75) is 36.8 Å². The van der Waals surface area contributed by atoms with Crippen LogP contribution in [0.1, 0.15) is 13.3 Å². The van der Waals surface area contributed by atoms with Crippen molar-refractivity contribution < 1.29 is 28.2 Å². The van der Waals surface area contributed by atoms with Crippen LogP contribution in [0.15, 0.2) is 91.0 Å². The first kappa shape index (κ1) is 23.0. The van der Waals surface area contributed by atoms with Gasteiger partial charge >= 0.3 is 5.97 Å². The van der Waals surface area contributed by atoms with Crippen LogP contribution < -0.4 is 15.6 Å². The number of epoxide rings is 1. The van der Waals surface area contributed by atoms with Crippen molar-refractivity contribution in [3.8, 4) is 0 Å². The highest BCUT2D eigenvalue weighted by Crippen LogP contribution is 2.67. The van der Waals surface area contributed by atoms with Gasteiger partial charge in [-0.05, 0) is 22.5 Å². The molecule has 3 heterocycles. The highest BCUT2D eigenvalue weighted by molar-refractivity contribution is 7.07. The van der Waals surface area contributed by atoms with Gasteiger partial charge in [0.15, 0.2) is 23.1 Å². The Hall–Kier alpha value is -3.10. The first-order valence-corrected chi connectivity index (χ1v) is 14.8. The molecule has 7 rings (SSSR count). The van der Waals surface area contributed by atoms with Crippen LogP contribution in [0.3, 0.4) is 0 Å². The summed E-state index contributed by atoms with van der Waals surface area (Å²) in [5.74, 6) is -0.923. The van der Waals surface area contributed by atoms with Crippen molar-refractivity contribution in [3.63, 3.8) is 0 Å². The second-order valence-corrected chi connectivity index (χ2v) is 14.0. The predicted molar refractivity (Wildman–Crippen MR) is 138 cm³/mol. The molecule has 0 bridgehead atoms. The first-order valence-electron chi connectivity index (χ1n) is 12.9. The summed E-state index contributed by atoms with van der Waals surface area (Å²) in [7, 11) is -2.97. The maximum atomic E-state index is 13.8. The average Bonchev–Trinajstić information content (AvgIpc) is 3.28. The van der Waals surface area contributed by atoms with Gasteiger partial charge in [-0.1, -0.05) is 91.0 Å². The number of carbonyl (C=O) groups is 2. The number of ether oxygens (including phenoxy) is 3. The van der Waals surface area contributed by atoms with E-state index in [1.807, 2.05) is 61.5 Å². The lowest BCUT2D eigenvalue weighted by atomic mass is 9.79. The number of esters is 1. The van der Waals surface area contributed by atoms with Gasteiger partial charge in [0.2, 0.25) is 0 Å². The lowest BCUT2D eigenvalue weighted by molar-refractivity contribution is -0.159. The SMILES string of the molecule is C[C@]12O[C@@]13[C@H](CO[C@@H]1CC(=O)O[C@@H]13)[C@H](CO[Si](c1ccccc1)(c1ccccc1)c1ccccc1)C2=O. The van der Waals surface area contributed by atoms with Gasteiger partial charge in [0.1, 0.15) is 6.10 Å². The van der Waals surface area contributed by atoms with Gasteiger partial charge in [-0.3, -0.25) is 9.59 Å². The minimum atomic E-state index is -2.97. The van der Waals surface area contributed by atoms with Crippen LogP contribution >= 0.6 is 0 Å². The van der Waals surface area contributed by atoms with E-state index in [2.05, 4.69) is 36.4 Å². The Morgan fingerprint density at radius 1 is 0.865 bits per heavy atom. The number of fused-ring (bicyclic) bond motifs is 1. The van der Waals surface area contributed by atoms with E-state index < -0.39 is 31.5 Å². The van der Waals surface area contributed by atoms with E-state index in [0.717, 1.165) is 15.6 Å². The lowest BCUT2D eigenvalue weighted by Gasteiger charge is -2.38. The standard InChI is InChI=1S/C30H28O6Si/c1-29-27(32)23(24-19-33-25-17-26(31)35-28(25)30(24,29)36-29)18-34-37(20-11-5-2-6-12-20,21-13-7-3-8-14-21)22-15-9-4-10-16-22/h2-16,23-25,28H,17-19H2,1H3/t23-,24+,25+,28-,29+,30+/m0/s1. The third-order valence-electron chi connectivity index (χ3n) is 8.82. The van der Waals surface area contributed by atoms with E-state index in [1.54, 1.807) is 0 Å². The fourth-order valence-electron chi connectivity index (χ4n) is 7.05. The van der Waals surface area contributed by atoms with Crippen LogP contribution in [0.2, 0.25) is 0 Å². The smallest absolute Gasteiger partial charge is 0.309 e. The van der Waals surface area contributed by atoms with Crippen molar-refractivity contribution >= 4 is 35.6 Å². The van der Waals surface area contributed by atoms with Gasteiger partial charge in [0.05, 0.1) is 18.9 Å². The molecule has 0 radical (unpaired) electrons. The molecule has 1 saturated carbocycles. The summed E-state index contributed by atoms with van der Waals surface area (Å²) < 4.78 is 25.0. The van der Waals surface area contributed by atoms with Crippen molar-refractivity contribution in [3.05, 3.63) is 91.0 Å². The minimum Gasteiger partial charge on any atom is -0.456 e. The number of hydrogen-bond donors (Lipinski definition) is 0. The maximum Gasteiger partial charge on any atom is 0.309 e. The molecule has 7 heteroatoms. The molecule has 3 saturated heterocycles. The summed E-state index contributed by atoms with van der Waals surface area (Å²) in [6.45, 7) is 2.43. The molecule has 37 heavy (non-hydrogen) atoms. The van der Waals surface area contributed by atoms with Crippen LogP contribution in [-0.4, -0.2) is 56.7 Å². The Morgan fingerprint density at radius 3 is 1.95 bits per heavy atom. The molecule has 188 valence electrons. The molecule has 6 atom stereocenters. The Bertz CT molecular complexity index is 1250. The molecule has 3 aromatic carbocycles. The van der Waals surface area contributed by atoms with Crippen LogP contribution in [0, 0.1) is 11.8 Å². The van der Waals surface area contributed by atoms with E-state index >= 15 is 0 Å². The summed E-state index contributed by atoms with van der Waals surface area (Å²) in [6.07, 6.45) is -0.693. The van der Waals surface area contributed by atoms with Gasteiger partial charge < -0.3 is 18.6 Å². The molecule has 1 aliphatic carbocycles. The molecule has 0 N–H and O–H groups in total. The third-order valence-corrected chi connectivity index (χ3v) is 12.9. The largest absolute Gasteiger partial charge is 0.456 e. The number of benzene rings is 3. The third kappa shape index (κ3) is 3.08. The van der Waals surface area contributed by atoms with E-state index in [4.69, 9.17) is 18.6 Å². The highest BCUT2D eigenvalue weighted by atomic mass is 28.4. The van der Waals surface area contributed by atoms with Crippen LogP contribution in [0.25, 0.3) is 0 Å². The van der Waals surface area contributed by atoms with Gasteiger partial charge in [-0.25, -0.2) is 0 Å². The number of hydrogen-bond acceptors (Lipinski definition) is 6. The highest BCUT2D eigenvalue weighted by Gasteiger charge is 2.88. The Kier molecular flexibility index (Phi) is 5.11. The average molecular weight is 513 g/mol. The zero-order valence-electron chi connectivity index (χ0n) is 20.5. The van der Waals surface area contributed by atoms with E-state index in [1.165, 1.54) is 0 Å². The van der Waals surface area contributed by atoms with E-state index in [-0.39, 0.29) is 36.8 Å². The number of rotatable bonds is 6. The monoisotopic (exact) mass is 512 g/mol. The fraction of sp³-hybridized carbons (Fsp3) is 0.333. The van der Waals surface area contributed by atoms with Crippen molar-refractivity contribution in [1.82, 2.24) is 0 Å². The Balaban J connectivity index is 1.29. The fourth-order valence-corrected chi connectivity index (χ4v) is 11.0. The molecular formula is C30H28O6Si. The second-order valence-electron chi connectivity index (χ2n) is 10.6. The zero-order valence-corrected chi connectivity index (χ0v) is 21.5. The first-order chi connectivity index (χ1) is 18.0. The molecule has 6 nitrogen and oxygen atoms in total. The molecule has 3 aromatic rings. The summed E-state index contributed by atoms with van der Waals surface area (Å²) in [5, 5.41) is 3.35. The van der Waals surface area contributed by atoms with Gasteiger partial charge in [-0.2, -0.15) is 0 Å². The minimum absolute atomic E-state index is 0.0155. The van der Waals surface area contributed by atoms with E-state index in [9.17, 15) is 9.59 Å². The molecule has 4 fully saturated rings. The van der Waals surface area contributed by atoms with Gasteiger partial charge in [-0.15, -0.1) is 0 Å². The number of Topliss-reactive ketones (excluding diaryl/α,β-unsaturated/α-hetero) is 1. The lowest BCUT2D eigenvalue weighted by Crippen LogP contribution is -2.69. The number of carbonyl (C=O) groups excluding carboxylic acids is 2. The molecule has 0 amide bonds. The molecule has 0 unspecified atom stereocenters. The van der Waals surface area contributed by atoms with Crippen molar-refractivity contribution in [2.24, 2.45) is 11.8 Å². The van der Waals surface area contributed by atoms with Crippen LogP contribution in [0.5, 0.6) is 0 Å². The molecule has 1 spiro atoms. The summed E-state index contributed by atoms with van der Waals surface area (Å²) in [6, 6.07) is 31.0. The maximum absolute atomic E-state index is 13.8. The van der Waals surface area contributed by atoms with Crippen LogP contribution in [0.4, 0.5) is 0 Å².